The summed E-state index contributed by atoms with van der Waals surface area (Å²) >= 11 is 1.97. The molecule has 0 aliphatic carbocycles. The molecule has 110 valence electrons. The largest absolute Gasteiger partial charge is 0.384 e. The number of aromatic nitrogens is 1. The highest BCUT2D eigenvalue weighted by Crippen LogP contribution is 2.24. The van der Waals surface area contributed by atoms with E-state index in [4.69, 9.17) is 0 Å². The topological polar surface area (TPSA) is 54.0 Å². The van der Waals surface area contributed by atoms with E-state index >= 15 is 0 Å². The highest BCUT2D eigenvalue weighted by molar-refractivity contribution is 7.99. The summed E-state index contributed by atoms with van der Waals surface area (Å²) in [7, 11) is 0. The van der Waals surface area contributed by atoms with Gasteiger partial charge in [-0.1, -0.05) is 13.3 Å². The van der Waals surface area contributed by atoms with Crippen LogP contribution in [-0.4, -0.2) is 35.0 Å². The van der Waals surface area contributed by atoms with Gasteiger partial charge < -0.3 is 10.6 Å². The van der Waals surface area contributed by atoms with Gasteiger partial charge in [-0.05, 0) is 31.1 Å². The third-order valence-corrected chi connectivity index (χ3v) is 4.79. The molecular weight excluding hydrogens is 270 g/mol. The zero-order valence-corrected chi connectivity index (χ0v) is 12.8. The molecule has 2 rings (SSSR count). The Morgan fingerprint density at radius 3 is 3.15 bits per heavy atom. The van der Waals surface area contributed by atoms with Crippen LogP contribution in [0.1, 0.15) is 43.0 Å². The first-order valence-corrected chi connectivity index (χ1v) is 8.44. The molecule has 4 nitrogen and oxygen atoms in total. The maximum atomic E-state index is 12.3. The van der Waals surface area contributed by atoms with E-state index in [9.17, 15) is 4.79 Å². The van der Waals surface area contributed by atoms with Crippen LogP contribution in [-0.2, 0) is 0 Å². The average Bonchev–Trinajstić information content (AvgIpc) is 2.52. The Hall–Kier alpha value is -1.23. The minimum Gasteiger partial charge on any atom is -0.384 e. The summed E-state index contributed by atoms with van der Waals surface area (Å²) in [5, 5.41) is 6.89. The number of carbonyl (C=O) groups excluding carboxylic acids is 1. The maximum Gasteiger partial charge on any atom is 0.254 e. The molecule has 2 heterocycles. The van der Waals surface area contributed by atoms with E-state index in [1.54, 1.807) is 12.4 Å². The quantitative estimate of drug-likeness (QED) is 0.847. The first kappa shape index (κ1) is 15.2. The van der Waals surface area contributed by atoms with Gasteiger partial charge in [0.1, 0.15) is 0 Å². The Morgan fingerprint density at radius 1 is 1.50 bits per heavy atom. The molecular formula is C15H23N3OS. The van der Waals surface area contributed by atoms with Crippen molar-refractivity contribution < 1.29 is 4.79 Å². The average molecular weight is 293 g/mol. The lowest BCUT2D eigenvalue weighted by molar-refractivity contribution is 0.0954. The van der Waals surface area contributed by atoms with Crippen LogP contribution in [0.3, 0.4) is 0 Å². The van der Waals surface area contributed by atoms with Crippen LogP contribution in [0.2, 0.25) is 0 Å². The Morgan fingerprint density at radius 2 is 2.40 bits per heavy atom. The first-order valence-electron chi connectivity index (χ1n) is 7.39. The molecule has 0 bridgehead atoms. The fourth-order valence-electron chi connectivity index (χ4n) is 2.26. The third kappa shape index (κ3) is 4.40. The van der Waals surface area contributed by atoms with E-state index in [0.29, 0.717) is 10.8 Å². The smallest absolute Gasteiger partial charge is 0.254 e. The van der Waals surface area contributed by atoms with Gasteiger partial charge in [0.25, 0.3) is 5.91 Å². The Balaban J connectivity index is 1.90. The van der Waals surface area contributed by atoms with Gasteiger partial charge in [-0.25, -0.2) is 0 Å². The fraction of sp³-hybridized carbons (Fsp3) is 0.600. The highest BCUT2D eigenvalue weighted by atomic mass is 32.2. The lowest BCUT2D eigenvalue weighted by Crippen LogP contribution is -2.32. The Bertz CT molecular complexity index is 433. The number of rotatable bonds is 6. The van der Waals surface area contributed by atoms with Crippen molar-refractivity contribution in [1.29, 1.82) is 0 Å². The van der Waals surface area contributed by atoms with Crippen LogP contribution in [0.4, 0.5) is 5.69 Å². The zero-order chi connectivity index (χ0) is 14.2. The summed E-state index contributed by atoms with van der Waals surface area (Å²) in [4.78, 5) is 16.3. The number of hydrogen-bond acceptors (Lipinski definition) is 4. The second-order valence-corrected chi connectivity index (χ2v) is 6.45. The summed E-state index contributed by atoms with van der Waals surface area (Å²) in [6.07, 6.45) is 8.18. The van der Waals surface area contributed by atoms with Gasteiger partial charge >= 0.3 is 0 Å². The molecule has 1 fully saturated rings. The van der Waals surface area contributed by atoms with Crippen molar-refractivity contribution in [1.82, 2.24) is 10.3 Å². The molecule has 20 heavy (non-hydrogen) atoms. The number of nitrogens with zero attached hydrogens (tertiary/aromatic N) is 1. The summed E-state index contributed by atoms with van der Waals surface area (Å²) in [6, 6.07) is 1.86. The molecule has 0 saturated carbocycles. The lowest BCUT2D eigenvalue weighted by Gasteiger charge is -2.21. The van der Waals surface area contributed by atoms with Crippen molar-refractivity contribution in [2.24, 2.45) is 0 Å². The number of thioether (sulfide) groups is 1. The minimum atomic E-state index is -0.0251. The van der Waals surface area contributed by atoms with Gasteiger partial charge in [0, 0.05) is 30.7 Å². The van der Waals surface area contributed by atoms with Crippen molar-refractivity contribution >= 4 is 23.4 Å². The number of amides is 1. The summed E-state index contributed by atoms with van der Waals surface area (Å²) < 4.78 is 0. The molecule has 1 saturated heterocycles. The molecule has 1 aromatic rings. The SMILES string of the molecule is CCCNc1ccncc1C(=O)NCC1CCCCS1. The van der Waals surface area contributed by atoms with Crippen LogP contribution in [0.25, 0.3) is 0 Å². The molecule has 1 aliphatic heterocycles. The Kier molecular flexibility index (Phi) is 6.18. The van der Waals surface area contributed by atoms with Crippen LogP contribution in [0.5, 0.6) is 0 Å². The van der Waals surface area contributed by atoms with E-state index < -0.39 is 0 Å². The van der Waals surface area contributed by atoms with Gasteiger partial charge in [0.05, 0.1) is 11.3 Å². The van der Waals surface area contributed by atoms with E-state index in [1.807, 2.05) is 17.8 Å². The van der Waals surface area contributed by atoms with Gasteiger partial charge in [0.2, 0.25) is 0 Å². The molecule has 2 N–H and O–H groups in total. The predicted molar refractivity (Wildman–Crippen MR) is 85.4 cm³/mol. The number of hydrogen-bond donors (Lipinski definition) is 2. The number of anilines is 1. The van der Waals surface area contributed by atoms with Crippen molar-refractivity contribution in [3.63, 3.8) is 0 Å². The molecule has 0 aromatic carbocycles. The van der Waals surface area contributed by atoms with Gasteiger partial charge in [-0.2, -0.15) is 11.8 Å². The van der Waals surface area contributed by atoms with Crippen molar-refractivity contribution in [2.45, 2.75) is 37.9 Å². The number of carbonyl (C=O) groups is 1. The first-order chi connectivity index (χ1) is 9.81. The van der Waals surface area contributed by atoms with E-state index in [-0.39, 0.29) is 5.91 Å². The third-order valence-electron chi connectivity index (χ3n) is 3.40. The molecule has 1 amide bonds. The molecule has 1 atom stereocenters. The molecule has 5 heteroatoms. The molecule has 0 radical (unpaired) electrons. The van der Waals surface area contributed by atoms with Crippen LogP contribution in [0.15, 0.2) is 18.5 Å². The van der Waals surface area contributed by atoms with Crippen LogP contribution < -0.4 is 10.6 Å². The standard InChI is InChI=1S/C15H23N3OS/c1-2-7-17-14-6-8-16-11-13(14)15(19)18-10-12-5-3-4-9-20-12/h6,8,11-12H,2-5,7,9-10H2,1H3,(H,16,17)(H,18,19). The van der Waals surface area contributed by atoms with E-state index in [2.05, 4.69) is 22.5 Å². The van der Waals surface area contributed by atoms with E-state index in [0.717, 1.165) is 25.2 Å². The Labute approximate surface area is 125 Å². The number of pyridine rings is 1. The van der Waals surface area contributed by atoms with Crippen LogP contribution in [0, 0.1) is 0 Å². The molecule has 1 unspecified atom stereocenters. The second-order valence-electron chi connectivity index (χ2n) is 5.05. The molecule has 0 spiro atoms. The van der Waals surface area contributed by atoms with Gasteiger partial charge in [-0.15, -0.1) is 0 Å². The normalized spacial score (nSPS) is 18.6. The predicted octanol–water partition coefficient (Wildman–Crippen LogP) is 2.92. The summed E-state index contributed by atoms with van der Waals surface area (Å²) in [6.45, 7) is 3.72. The maximum absolute atomic E-state index is 12.3. The monoisotopic (exact) mass is 293 g/mol. The fourth-order valence-corrected chi connectivity index (χ4v) is 3.50. The van der Waals surface area contributed by atoms with Crippen molar-refractivity contribution in [3.8, 4) is 0 Å². The summed E-state index contributed by atoms with van der Waals surface area (Å²) in [5.74, 6) is 1.19. The lowest BCUT2D eigenvalue weighted by atomic mass is 10.1. The second kappa shape index (κ2) is 8.15. The number of nitrogens with one attached hydrogen (secondary N) is 2. The molecule has 1 aromatic heterocycles. The van der Waals surface area contributed by atoms with Crippen LogP contribution >= 0.6 is 11.8 Å². The van der Waals surface area contributed by atoms with Crippen molar-refractivity contribution in [2.75, 3.05) is 24.2 Å². The summed E-state index contributed by atoms with van der Waals surface area (Å²) in [5.41, 5.74) is 1.51. The zero-order valence-electron chi connectivity index (χ0n) is 12.0. The van der Waals surface area contributed by atoms with Gasteiger partial charge in [-0.3, -0.25) is 9.78 Å². The van der Waals surface area contributed by atoms with Gasteiger partial charge in [0.15, 0.2) is 0 Å². The van der Waals surface area contributed by atoms with E-state index in [1.165, 1.54) is 25.0 Å². The van der Waals surface area contributed by atoms with Crippen molar-refractivity contribution in [3.05, 3.63) is 24.0 Å². The molecule has 1 aliphatic rings. The minimum absolute atomic E-state index is 0.0251. The highest BCUT2D eigenvalue weighted by Gasteiger charge is 2.16.